The average Bonchev–Trinajstić information content (AvgIpc) is 3.34. The molecule has 0 radical (unpaired) electrons. The van der Waals surface area contributed by atoms with Crippen molar-refractivity contribution >= 4 is 6.03 Å². The summed E-state index contributed by atoms with van der Waals surface area (Å²) in [6, 6.07) is 16.7. The van der Waals surface area contributed by atoms with Crippen molar-refractivity contribution in [2.45, 2.75) is 37.1 Å². The van der Waals surface area contributed by atoms with Crippen LogP contribution in [-0.4, -0.2) is 50.4 Å². The molecular formula is C25H30N2O4. The summed E-state index contributed by atoms with van der Waals surface area (Å²) in [5, 5.41) is 3.27. The molecule has 2 saturated heterocycles. The van der Waals surface area contributed by atoms with Gasteiger partial charge in [-0.25, -0.2) is 4.79 Å². The van der Waals surface area contributed by atoms with Crippen LogP contribution in [0.3, 0.4) is 0 Å². The number of carbonyl (C=O) groups excluding carboxylic acids is 1. The van der Waals surface area contributed by atoms with Crippen molar-refractivity contribution in [3.05, 3.63) is 59.7 Å². The molecule has 0 spiro atoms. The highest BCUT2D eigenvalue weighted by Crippen LogP contribution is 2.38. The van der Waals surface area contributed by atoms with Gasteiger partial charge in [0, 0.05) is 31.7 Å². The van der Waals surface area contributed by atoms with Gasteiger partial charge in [-0.05, 0) is 48.9 Å². The van der Waals surface area contributed by atoms with Crippen molar-refractivity contribution in [3.63, 3.8) is 0 Å². The van der Waals surface area contributed by atoms with Gasteiger partial charge in [0.2, 0.25) is 0 Å². The zero-order chi connectivity index (χ0) is 21.1. The summed E-state index contributed by atoms with van der Waals surface area (Å²) in [7, 11) is 0. The maximum atomic E-state index is 13.3. The van der Waals surface area contributed by atoms with Gasteiger partial charge in [0.05, 0.1) is 6.04 Å². The van der Waals surface area contributed by atoms with Crippen molar-refractivity contribution in [3.8, 4) is 11.5 Å². The van der Waals surface area contributed by atoms with Crippen LogP contribution >= 0.6 is 0 Å². The molecule has 2 fully saturated rings. The third-order valence-corrected chi connectivity index (χ3v) is 6.88. The predicted molar refractivity (Wildman–Crippen MR) is 118 cm³/mol. The summed E-state index contributed by atoms with van der Waals surface area (Å²) in [5.74, 6) is 1.56. The van der Waals surface area contributed by atoms with Gasteiger partial charge in [-0.1, -0.05) is 36.4 Å². The van der Waals surface area contributed by atoms with Crippen LogP contribution in [-0.2, 0) is 10.2 Å². The average molecular weight is 423 g/mol. The van der Waals surface area contributed by atoms with E-state index >= 15 is 0 Å². The van der Waals surface area contributed by atoms with Gasteiger partial charge in [-0.15, -0.1) is 0 Å². The van der Waals surface area contributed by atoms with Gasteiger partial charge in [0.25, 0.3) is 0 Å². The lowest BCUT2D eigenvalue weighted by molar-refractivity contribution is 0.0500. The largest absolute Gasteiger partial charge is 0.486 e. The number of likely N-dealkylation sites (tertiary alicyclic amines) is 1. The molecule has 6 heteroatoms. The Morgan fingerprint density at radius 1 is 1.00 bits per heavy atom. The first-order valence-electron chi connectivity index (χ1n) is 11.3. The van der Waals surface area contributed by atoms with Crippen LogP contribution in [0.4, 0.5) is 4.79 Å². The monoisotopic (exact) mass is 422 g/mol. The first-order valence-corrected chi connectivity index (χ1v) is 11.3. The number of nitrogens with one attached hydrogen (secondary N) is 1. The Hall–Kier alpha value is -2.73. The van der Waals surface area contributed by atoms with Gasteiger partial charge in [-0.2, -0.15) is 0 Å². The number of rotatable bonds is 4. The van der Waals surface area contributed by atoms with E-state index in [1.165, 1.54) is 5.56 Å². The van der Waals surface area contributed by atoms with Crippen LogP contribution in [0.1, 0.15) is 42.9 Å². The Kier molecular flexibility index (Phi) is 5.72. The van der Waals surface area contributed by atoms with Crippen molar-refractivity contribution in [2.24, 2.45) is 0 Å². The van der Waals surface area contributed by atoms with Crippen LogP contribution in [0.2, 0.25) is 0 Å². The molecule has 2 amide bonds. The molecule has 31 heavy (non-hydrogen) atoms. The van der Waals surface area contributed by atoms with Crippen LogP contribution < -0.4 is 14.8 Å². The lowest BCUT2D eigenvalue weighted by atomic mass is 9.74. The molecule has 0 bridgehead atoms. The molecule has 6 nitrogen and oxygen atoms in total. The zero-order valence-corrected chi connectivity index (χ0v) is 17.8. The molecule has 3 aliphatic rings. The van der Waals surface area contributed by atoms with Crippen molar-refractivity contribution in [2.75, 3.05) is 39.5 Å². The number of nitrogens with zero attached hydrogens (tertiary/aromatic N) is 1. The Balaban J connectivity index is 1.30. The summed E-state index contributed by atoms with van der Waals surface area (Å²) >= 11 is 0. The number of amides is 2. The molecular weight excluding hydrogens is 392 g/mol. The maximum Gasteiger partial charge on any atom is 0.317 e. The lowest BCUT2D eigenvalue weighted by Crippen LogP contribution is -2.48. The second-order valence-corrected chi connectivity index (χ2v) is 8.67. The lowest BCUT2D eigenvalue weighted by Gasteiger charge is -2.38. The smallest absolute Gasteiger partial charge is 0.317 e. The highest BCUT2D eigenvalue weighted by Gasteiger charge is 2.37. The number of carbonyl (C=O) groups is 1. The van der Waals surface area contributed by atoms with E-state index in [-0.39, 0.29) is 17.5 Å². The first-order chi connectivity index (χ1) is 15.3. The normalized spacial score (nSPS) is 22.2. The van der Waals surface area contributed by atoms with Crippen LogP contribution in [0.15, 0.2) is 48.5 Å². The standard InChI is InChI=1S/C25H30N2O4/c28-24(26-18-25(10-13-29-14-11-25)20-5-2-1-3-6-20)27-12-4-7-21(27)19-8-9-22-23(17-19)31-16-15-30-22/h1-3,5-6,8-9,17,21H,4,7,10-16,18H2,(H,26,28). The number of urea groups is 1. The quantitative estimate of drug-likeness (QED) is 0.808. The summed E-state index contributed by atoms with van der Waals surface area (Å²) in [4.78, 5) is 15.2. The molecule has 2 aromatic rings. The Bertz CT molecular complexity index is 911. The van der Waals surface area contributed by atoms with Crippen molar-refractivity contribution < 1.29 is 19.0 Å². The zero-order valence-electron chi connectivity index (χ0n) is 17.8. The van der Waals surface area contributed by atoms with Crippen molar-refractivity contribution in [1.82, 2.24) is 10.2 Å². The molecule has 3 aliphatic heterocycles. The van der Waals surface area contributed by atoms with E-state index in [1.54, 1.807) is 0 Å². The van der Waals surface area contributed by atoms with Crippen LogP contribution in [0, 0.1) is 0 Å². The molecule has 1 atom stereocenters. The molecule has 164 valence electrons. The second kappa shape index (κ2) is 8.79. The highest BCUT2D eigenvalue weighted by molar-refractivity contribution is 5.75. The SMILES string of the molecule is O=C(NCC1(c2ccccc2)CCOCC1)N1CCCC1c1ccc2c(c1)OCCO2. The number of hydrogen-bond donors (Lipinski definition) is 1. The van der Waals surface area contributed by atoms with Crippen molar-refractivity contribution in [1.29, 1.82) is 0 Å². The van der Waals surface area contributed by atoms with E-state index in [1.807, 2.05) is 23.1 Å². The minimum absolute atomic E-state index is 0.0131. The fraction of sp³-hybridized carbons (Fsp3) is 0.480. The predicted octanol–water partition coefficient (Wildman–Crippen LogP) is 4.05. The minimum Gasteiger partial charge on any atom is -0.486 e. The topological polar surface area (TPSA) is 60.0 Å². The number of hydrogen-bond acceptors (Lipinski definition) is 4. The molecule has 0 aromatic heterocycles. The molecule has 0 aliphatic carbocycles. The van der Waals surface area contributed by atoms with Gasteiger partial charge in [-0.3, -0.25) is 0 Å². The summed E-state index contributed by atoms with van der Waals surface area (Å²) in [6.07, 6.45) is 3.81. The Morgan fingerprint density at radius 2 is 1.77 bits per heavy atom. The second-order valence-electron chi connectivity index (χ2n) is 8.67. The minimum atomic E-state index is -0.0681. The Morgan fingerprint density at radius 3 is 2.58 bits per heavy atom. The van der Waals surface area contributed by atoms with Gasteiger partial charge < -0.3 is 24.4 Å². The summed E-state index contributed by atoms with van der Waals surface area (Å²) < 4.78 is 17.0. The van der Waals surface area contributed by atoms with E-state index in [0.29, 0.717) is 19.8 Å². The van der Waals surface area contributed by atoms with E-state index in [0.717, 1.165) is 62.5 Å². The van der Waals surface area contributed by atoms with E-state index in [2.05, 4.69) is 35.6 Å². The van der Waals surface area contributed by atoms with E-state index in [9.17, 15) is 4.79 Å². The molecule has 0 saturated carbocycles. The number of fused-ring (bicyclic) bond motifs is 1. The van der Waals surface area contributed by atoms with Crippen LogP contribution in [0.25, 0.3) is 0 Å². The molecule has 1 N–H and O–H groups in total. The van der Waals surface area contributed by atoms with E-state index in [4.69, 9.17) is 14.2 Å². The molecule has 2 aromatic carbocycles. The number of ether oxygens (including phenoxy) is 3. The third kappa shape index (κ3) is 4.09. The third-order valence-electron chi connectivity index (χ3n) is 6.88. The first kappa shape index (κ1) is 20.2. The maximum absolute atomic E-state index is 13.3. The number of benzene rings is 2. The van der Waals surface area contributed by atoms with E-state index < -0.39 is 0 Å². The fourth-order valence-electron chi connectivity index (χ4n) is 5.09. The van der Waals surface area contributed by atoms with Gasteiger partial charge in [0.1, 0.15) is 13.2 Å². The van der Waals surface area contributed by atoms with Crippen LogP contribution in [0.5, 0.6) is 11.5 Å². The highest BCUT2D eigenvalue weighted by atomic mass is 16.6. The fourth-order valence-corrected chi connectivity index (χ4v) is 5.09. The molecule has 3 heterocycles. The molecule has 5 rings (SSSR count). The Labute approximate surface area is 183 Å². The van der Waals surface area contributed by atoms with Gasteiger partial charge in [0.15, 0.2) is 11.5 Å². The molecule has 1 unspecified atom stereocenters. The summed E-state index contributed by atoms with van der Waals surface area (Å²) in [6.45, 7) is 4.01. The van der Waals surface area contributed by atoms with Gasteiger partial charge >= 0.3 is 6.03 Å². The summed E-state index contributed by atoms with van der Waals surface area (Å²) in [5.41, 5.74) is 2.32.